The molecule has 0 aliphatic carbocycles. The molecule has 0 saturated heterocycles. The average molecular weight is 702 g/mol. The van der Waals surface area contributed by atoms with Crippen molar-refractivity contribution in [3.05, 3.63) is 111 Å². The number of anilines is 1. The average Bonchev–Trinajstić information content (AvgIpc) is 3.65. The number of nitrogens with zero attached hydrogens (tertiary/aromatic N) is 1. The van der Waals surface area contributed by atoms with Gasteiger partial charge in [-0.25, -0.2) is 0 Å². The van der Waals surface area contributed by atoms with Gasteiger partial charge in [-0.2, -0.15) is 0 Å². The number of aromatic nitrogens is 1. The minimum Gasteiger partial charge on any atom is -0.493 e. The normalized spacial score (nSPS) is 13.7. The van der Waals surface area contributed by atoms with E-state index in [9.17, 15) is 25.2 Å². The first-order chi connectivity index (χ1) is 24.3. The number of halogens is 1. The highest BCUT2D eigenvalue weighted by molar-refractivity contribution is 6.31. The van der Waals surface area contributed by atoms with Crippen LogP contribution < -0.4 is 24.8 Å². The molecule has 6 rings (SSSR count). The van der Waals surface area contributed by atoms with E-state index in [1.165, 1.54) is 0 Å². The van der Waals surface area contributed by atoms with Gasteiger partial charge in [-0.1, -0.05) is 22.8 Å². The van der Waals surface area contributed by atoms with Crippen LogP contribution in [-0.2, 0) is 26.4 Å². The lowest BCUT2D eigenvalue weighted by atomic mass is 9.97. The van der Waals surface area contributed by atoms with Crippen LogP contribution in [0.2, 0.25) is 5.02 Å². The van der Waals surface area contributed by atoms with Crippen LogP contribution in [-0.4, -0.2) is 51.8 Å². The molecule has 1 aliphatic heterocycles. The summed E-state index contributed by atoms with van der Waals surface area (Å²) in [6, 6.07) is 21.0. The fraction of sp³-hybridized carbons (Fsp3) is 0.243. The van der Waals surface area contributed by atoms with E-state index in [0.29, 0.717) is 98.0 Å². The van der Waals surface area contributed by atoms with E-state index in [1.807, 2.05) is 12.1 Å². The monoisotopic (exact) mass is 701 g/mol. The van der Waals surface area contributed by atoms with E-state index in [1.54, 1.807) is 67.8 Å². The molecule has 0 bridgehead atoms. The van der Waals surface area contributed by atoms with Crippen molar-refractivity contribution < 1.29 is 44.0 Å². The highest BCUT2D eigenvalue weighted by Gasteiger charge is 2.25. The Hall–Kier alpha value is -5.11. The molecule has 0 saturated carbocycles. The van der Waals surface area contributed by atoms with Crippen LogP contribution in [0.15, 0.2) is 77.3 Å². The molecule has 13 heteroatoms. The van der Waals surface area contributed by atoms with Gasteiger partial charge in [-0.05, 0) is 82.9 Å². The van der Waals surface area contributed by atoms with Gasteiger partial charge in [0.05, 0.1) is 52.3 Å². The highest BCUT2D eigenvalue weighted by atomic mass is 35.5. The summed E-state index contributed by atoms with van der Waals surface area (Å²) in [5, 5.41) is 50.2. The summed E-state index contributed by atoms with van der Waals surface area (Å²) in [7, 11) is 1.55. The molecule has 50 heavy (non-hydrogen) atoms. The van der Waals surface area contributed by atoms with Crippen molar-refractivity contribution in [2.75, 3.05) is 25.6 Å². The predicted octanol–water partition coefficient (Wildman–Crippen LogP) is 5.34. The first-order valence-corrected chi connectivity index (χ1v) is 16.2. The number of methoxy groups -OCH3 is 1. The third kappa shape index (κ3) is 7.39. The van der Waals surface area contributed by atoms with E-state index in [2.05, 4.69) is 15.8 Å². The summed E-state index contributed by atoms with van der Waals surface area (Å²) in [5.41, 5.74) is 5.79. The third-order valence-corrected chi connectivity index (χ3v) is 8.62. The summed E-state index contributed by atoms with van der Waals surface area (Å²) in [6.45, 7) is -0.542. The minimum atomic E-state index is -0.491. The molecule has 0 radical (unpaired) electrons. The lowest BCUT2D eigenvalue weighted by molar-refractivity contribution is 0.0935. The van der Waals surface area contributed by atoms with Gasteiger partial charge in [0.15, 0.2) is 17.3 Å². The van der Waals surface area contributed by atoms with Crippen molar-refractivity contribution in [1.29, 1.82) is 0 Å². The smallest absolute Gasteiger partial charge is 0.255 e. The molecular weight excluding hydrogens is 666 g/mol. The van der Waals surface area contributed by atoms with Gasteiger partial charge in [0.1, 0.15) is 17.6 Å². The number of nitrogens with one attached hydrogen (secondary N) is 2. The molecule has 1 atom stereocenters. The van der Waals surface area contributed by atoms with Crippen LogP contribution in [0.4, 0.5) is 5.69 Å². The maximum Gasteiger partial charge on any atom is 0.255 e. The van der Waals surface area contributed by atoms with E-state index in [-0.39, 0.29) is 32.3 Å². The van der Waals surface area contributed by atoms with Crippen molar-refractivity contribution in [2.24, 2.45) is 0 Å². The largest absolute Gasteiger partial charge is 0.493 e. The van der Waals surface area contributed by atoms with Crippen molar-refractivity contribution in [1.82, 2.24) is 10.5 Å². The van der Waals surface area contributed by atoms with Crippen LogP contribution >= 0.6 is 11.6 Å². The number of fused-ring (bicyclic) bond motifs is 1. The zero-order chi connectivity index (χ0) is 35.2. The van der Waals surface area contributed by atoms with Crippen molar-refractivity contribution >= 4 is 23.2 Å². The van der Waals surface area contributed by atoms with Crippen molar-refractivity contribution in [3.8, 4) is 39.8 Å². The van der Waals surface area contributed by atoms with Gasteiger partial charge >= 0.3 is 0 Å². The fourth-order valence-corrected chi connectivity index (χ4v) is 5.96. The number of aliphatic hydroxyl groups is 4. The number of benzene rings is 4. The number of carbonyl (C=O) groups excluding carboxylic acids is 1. The molecule has 4 aromatic carbocycles. The Morgan fingerprint density at radius 1 is 0.760 bits per heavy atom. The van der Waals surface area contributed by atoms with Gasteiger partial charge in [0.25, 0.3) is 5.91 Å². The summed E-state index contributed by atoms with van der Waals surface area (Å²) in [4.78, 5) is 12.7. The molecule has 6 N–H and O–H groups in total. The van der Waals surface area contributed by atoms with Gasteiger partial charge in [-0.15, -0.1) is 0 Å². The number of hydrogen-bond acceptors (Lipinski definition) is 11. The number of carbonyl (C=O) groups is 1. The molecule has 2 heterocycles. The van der Waals surface area contributed by atoms with Crippen LogP contribution in [0.25, 0.3) is 22.6 Å². The molecule has 1 aromatic heterocycles. The second-order valence-corrected chi connectivity index (χ2v) is 11.9. The molecule has 5 aromatic rings. The van der Waals surface area contributed by atoms with E-state index < -0.39 is 6.17 Å². The SMILES string of the molecule is COc1ccc(-c2cc(-c3cc(CO)c(CO)c(CO)c3)on2)cc1OCCCOc1ccc(C2NC(=O)c3cc(Cl)ccc3N2)cc1CO. The summed E-state index contributed by atoms with van der Waals surface area (Å²) in [6.07, 6.45) is 0.0351. The zero-order valence-corrected chi connectivity index (χ0v) is 27.9. The summed E-state index contributed by atoms with van der Waals surface area (Å²) < 4.78 is 23.1. The second-order valence-electron chi connectivity index (χ2n) is 11.5. The van der Waals surface area contributed by atoms with Gasteiger partial charge in [0, 0.05) is 39.9 Å². The van der Waals surface area contributed by atoms with E-state index >= 15 is 0 Å². The first kappa shape index (κ1) is 34.7. The predicted molar refractivity (Wildman–Crippen MR) is 185 cm³/mol. The first-order valence-electron chi connectivity index (χ1n) is 15.8. The Morgan fingerprint density at radius 3 is 2.18 bits per heavy atom. The zero-order valence-electron chi connectivity index (χ0n) is 27.1. The van der Waals surface area contributed by atoms with Crippen LogP contribution in [0.1, 0.15) is 50.8 Å². The lowest BCUT2D eigenvalue weighted by Crippen LogP contribution is -2.38. The Morgan fingerprint density at radius 2 is 1.48 bits per heavy atom. The number of ether oxygens (including phenoxy) is 3. The van der Waals surface area contributed by atoms with Crippen LogP contribution in [0, 0.1) is 0 Å². The molecule has 0 spiro atoms. The molecule has 260 valence electrons. The molecular formula is C37H36ClN3O9. The summed E-state index contributed by atoms with van der Waals surface area (Å²) in [5.74, 6) is 1.74. The highest BCUT2D eigenvalue weighted by Crippen LogP contribution is 2.35. The number of hydrogen-bond donors (Lipinski definition) is 6. The minimum absolute atomic E-state index is 0.245. The summed E-state index contributed by atoms with van der Waals surface area (Å²) >= 11 is 6.04. The fourth-order valence-electron chi connectivity index (χ4n) is 5.78. The maximum absolute atomic E-state index is 12.7. The Kier molecular flexibility index (Phi) is 10.9. The number of rotatable bonds is 14. The van der Waals surface area contributed by atoms with Crippen LogP contribution in [0.5, 0.6) is 17.2 Å². The molecule has 12 nitrogen and oxygen atoms in total. The molecule has 1 aliphatic rings. The van der Waals surface area contributed by atoms with Gasteiger partial charge in [0.2, 0.25) is 0 Å². The topological polar surface area (TPSA) is 176 Å². The van der Waals surface area contributed by atoms with Crippen molar-refractivity contribution in [2.45, 2.75) is 39.0 Å². The molecule has 1 amide bonds. The van der Waals surface area contributed by atoms with E-state index in [4.69, 9.17) is 30.3 Å². The van der Waals surface area contributed by atoms with Crippen molar-refractivity contribution in [3.63, 3.8) is 0 Å². The maximum atomic E-state index is 12.7. The van der Waals surface area contributed by atoms with Gasteiger partial charge < -0.3 is 49.8 Å². The van der Waals surface area contributed by atoms with Gasteiger partial charge in [-0.3, -0.25) is 4.79 Å². The number of amides is 1. The third-order valence-electron chi connectivity index (χ3n) is 8.38. The number of aliphatic hydroxyl groups excluding tert-OH is 4. The second kappa shape index (κ2) is 15.6. The van der Waals surface area contributed by atoms with Crippen LogP contribution in [0.3, 0.4) is 0 Å². The van der Waals surface area contributed by atoms with E-state index in [0.717, 1.165) is 5.56 Å². The Labute approximate surface area is 292 Å². The Bertz CT molecular complexity index is 1970. The standard InChI is InChI=1S/C37H36ClN3O9/c1-47-33-8-3-21(31-16-34(50-41-31)23-12-24(17-42)29(20-45)25(13-23)18-43)14-35(33)49-10-2-9-48-32-7-4-22(11-26(32)19-44)36-39-30-6-5-27(38)15-28(30)37(46)40-36/h3-8,11-16,36,39,42-45H,2,9-10,17-20H2,1H3,(H,40,46). The quantitative estimate of drug-likeness (QED) is 0.0824. The lowest BCUT2D eigenvalue weighted by Gasteiger charge is -2.28. The molecule has 0 fully saturated rings. The Balaban J connectivity index is 1.08. The molecule has 1 unspecified atom stereocenters.